The lowest BCUT2D eigenvalue weighted by Crippen LogP contribution is -2.21. The molecule has 0 amide bonds. The Bertz CT molecular complexity index is 373. The lowest BCUT2D eigenvalue weighted by molar-refractivity contribution is -0.151. The van der Waals surface area contributed by atoms with Crippen molar-refractivity contribution < 1.29 is 14.6 Å². The number of hydrogen-bond acceptors (Lipinski definition) is 3. The van der Waals surface area contributed by atoms with Gasteiger partial charge >= 0.3 is 5.97 Å². The van der Waals surface area contributed by atoms with Crippen LogP contribution in [0.1, 0.15) is 24.2 Å². The van der Waals surface area contributed by atoms with Gasteiger partial charge in [0.2, 0.25) is 0 Å². The highest BCUT2D eigenvalue weighted by Crippen LogP contribution is 2.36. The van der Waals surface area contributed by atoms with Crippen molar-refractivity contribution >= 4 is 5.97 Å². The number of hydrogen-bond donors (Lipinski definition) is 1. The quantitative estimate of drug-likeness (QED) is 0.745. The van der Waals surface area contributed by atoms with E-state index in [0.29, 0.717) is 13.0 Å². The number of rotatable bonds is 2. The maximum Gasteiger partial charge on any atom is 0.312 e. The standard InChI is InChI=1S/C12H14O3/c1-2-15-12(14)10-7-8-5-3-4-6-9(8)11(10)13/h3-6,10-11,13H,2,7H2,1H3/t10-,11+/m0/s1. The molecule has 0 aliphatic heterocycles. The van der Waals surface area contributed by atoms with Gasteiger partial charge in [0.1, 0.15) is 0 Å². The van der Waals surface area contributed by atoms with Gasteiger partial charge in [-0.25, -0.2) is 0 Å². The van der Waals surface area contributed by atoms with Crippen LogP contribution < -0.4 is 0 Å². The fourth-order valence-corrected chi connectivity index (χ4v) is 2.04. The zero-order valence-electron chi connectivity index (χ0n) is 8.64. The van der Waals surface area contributed by atoms with Gasteiger partial charge in [-0.2, -0.15) is 0 Å². The molecule has 15 heavy (non-hydrogen) atoms. The second-order valence-electron chi connectivity index (χ2n) is 3.71. The van der Waals surface area contributed by atoms with Crippen molar-refractivity contribution in [3.8, 4) is 0 Å². The van der Waals surface area contributed by atoms with Gasteiger partial charge in [-0.15, -0.1) is 0 Å². The summed E-state index contributed by atoms with van der Waals surface area (Å²) in [6.45, 7) is 2.13. The van der Waals surface area contributed by atoms with Crippen molar-refractivity contribution in [2.75, 3.05) is 6.61 Å². The van der Waals surface area contributed by atoms with Gasteiger partial charge in [-0.05, 0) is 24.5 Å². The van der Waals surface area contributed by atoms with Gasteiger partial charge in [0, 0.05) is 0 Å². The molecule has 1 N–H and O–H groups in total. The monoisotopic (exact) mass is 206 g/mol. The molecule has 0 bridgehead atoms. The fourth-order valence-electron chi connectivity index (χ4n) is 2.04. The zero-order valence-corrected chi connectivity index (χ0v) is 8.64. The van der Waals surface area contributed by atoms with E-state index in [1.54, 1.807) is 6.92 Å². The van der Waals surface area contributed by atoms with Crippen LogP contribution in [-0.2, 0) is 16.0 Å². The van der Waals surface area contributed by atoms with E-state index in [2.05, 4.69) is 0 Å². The van der Waals surface area contributed by atoms with Crippen LogP contribution in [0.2, 0.25) is 0 Å². The van der Waals surface area contributed by atoms with Crippen molar-refractivity contribution in [2.45, 2.75) is 19.4 Å². The van der Waals surface area contributed by atoms with Crippen LogP contribution in [0.15, 0.2) is 24.3 Å². The summed E-state index contributed by atoms with van der Waals surface area (Å²) in [6.07, 6.45) is -0.129. The molecule has 0 aromatic heterocycles. The van der Waals surface area contributed by atoms with Crippen LogP contribution in [0.4, 0.5) is 0 Å². The Kier molecular flexibility index (Phi) is 2.73. The number of fused-ring (bicyclic) bond motifs is 1. The van der Waals surface area contributed by atoms with E-state index in [9.17, 15) is 9.90 Å². The number of carbonyl (C=O) groups excluding carboxylic acids is 1. The molecule has 0 radical (unpaired) electrons. The fraction of sp³-hybridized carbons (Fsp3) is 0.417. The van der Waals surface area contributed by atoms with Crippen LogP contribution >= 0.6 is 0 Å². The van der Waals surface area contributed by atoms with E-state index in [4.69, 9.17) is 4.74 Å². The van der Waals surface area contributed by atoms with Gasteiger partial charge < -0.3 is 9.84 Å². The molecule has 1 aliphatic rings. The Morgan fingerprint density at radius 2 is 2.27 bits per heavy atom. The third kappa shape index (κ3) is 1.75. The molecule has 1 aliphatic carbocycles. The minimum absolute atomic E-state index is 0.304. The molecular formula is C12H14O3. The Balaban J connectivity index is 2.19. The van der Waals surface area contributed by atoms with Gasteiger partial charge in [0.25, 0.3) is 0 Å². The first-order valence-electron chi connectivity index (χ1n) is 5.16. The van der Waals surface area contributed by atoms with Crippen molar-refractivity contribution in [1.82, 2.24) is 0 Å². The van der Waals surface area contributed by atoms with E-state index in [0.717, 1.165) is 11.1 Å². The van der Waals surface area contributed by atoms with Crippen LogP contribution in [0.3, 0.4) is 0 Å². The number of benzene rings is 1. The summed E-state index contributed by atoms with van der Waals surface area (Å²) in [4.78, 5) is 11.5. The molecule has 0 saturated heterocycles. The highest BCUT2D eigenvalue weighted by Gasteiger charge is 2.36. The van der Waals surface area contributed by atoms with Crippen LogP contribution in [0.25, 0.3) is 0 Å². The molecule has 2 atom stereocenters. The first kappa shape index (κ1) is 10.2. The Morgan fingerprint density at radius 3 is 2.93 bits per heavy atom. The SMILES string of the molecule is CCOC(=O)[C@H]1Cc2ccccc2[C@H]1O. The van der Waals surface area contributed by atoms with E-state index >= 15 is 0 Å². The number of carbonyl (C=O) groups is 1. The Hall–Kier alpha value is -1.35. The first-order valence-corrected chi connectivity index (χ1v) is 5.16. The lowest BCUT2D eigenvalue weighted by atomic mass is 10.0. The van der Waals surface area contributed by atoms with Crippen LogP contribution in [0, 0.1) is 5.92 Å². The second kappa shape index (κ2) is 4.03. The molecule has 1 aromatic rings. The minimum atomic E-state index is -0.708. The van der Waals surface area contributed by atoms with E-state index in [1.165, 1.54) is 0 Å². The average molecular weight is 206 g/mol. The topological polar surface area (TPSA) is 46.5 Å². The van der Waals surface area contributed by atoms with Crippen LogP contribution in [-0.4, -0.2) is 17.7 Å². The van der Waals surface area contributed by atoms with Gasteiger partial charge in [-0.1, -0.05) is 24.3 Å². The number of esters is 1. The van der Waals surface area contributed by atoms with Crippen LogP contribution in [0.5, 0.6) is 0 Å². The summed E-state index contributed by atoms with van der Waals surface area (Å²) < 4.78 is 4.93. The maximum atomic E-state index is 11.5. The molecule has 0 saturated carbocycles. The van der Waals surface area contributed by atoms with Gasteiger partial charge in [0.15, 0.2) is 0 Å². The Labute approximate surface area is 88.7 Å². The molecule has 0 heterocycles. The molecular weight excluding hydrogens is 192 g/mol. The van der Waals surface area contributed by atoms with Gasteiger partial charge in [0.05, 0.1) is 18.6 Å². The smallest absolute Gasteiger partial charge is 0.312 e. The van der Waals surface area contributed by atoms with E-state index in [-0.39, 0.29) is 5.97 Å². The van der Waals surface area contributed by atoms with E-state index < -0.39 is 12.0 Å². The Morgan fingerprint density at radius 1 is 1.53 bits per heavy atom. The largest absolute Gasteiger partial charge is 0.466 e. The normalized spacial score (nSPS) is 23.6. The third-order valence-electron chi connectivity index (χ3n) is 2.78. The molecule has 2 rings (SSSR count). The predicted molar refractivity (Wildman–Crippen MR) is 55.2 cm³/mol. The van der Waals surface area contributed by atoms with Crippen molar-refractivity contribution in [2.24, 2.45) is 5.92 Å². The van der Waals surface area contributed by atoms with Crippen molar-refractivity contribution in [1.29, 1.82) is 0 Å². The van der Waals surface area contributed by atoms with Crippen molar-refractivity contribution in [3.63, 3.8) is 0 Å². The summed E-state index contributed by atoms with van der Waals surface area (Å²) in [5, 5.41) is 9.94. The van der Waals surface area contributed by atoms with Gasteiger partial charge in [-0.3, -0.25) is 4.79 Å². The summed E-state index contributed by atoms with van der Waals surface area (Å²) >= 11 is 0. The molecule has 3 heteroatoms. The summed E-state index contributed by atoms with van der Waals surface area (Å²) in [5.41, 5.74) is 1.90. The van der Waals surface area contributed by atoms with E-state index in [1.807, 2.05) is 24.3 Å². The first-order chi connectivity index (χ1) is 7.24. The summed E-state index contributed by atoms with van der Waals surface area (Å²) in [6, 6.07) is 7.59. The lowest BCUT2D eigenvalue weighted by Gasteiger charge is -2.12. The average Bonchev–Trinajstić information content (AvgIpc) is 2.57. The second-order valence-corrected chi connectivity index (χ2v) is 3.71. The third-order valence-corrected chi connectivity index (χ3v) is 2.78. The number of ether oxygens (including phenoxy) is 1. The number of aliphatic hydroxyl groups is 1. The summed E-state index contributed by atoms with van der Waals surface area (Å²) in [5.74, 6) is -0.733. The molecule has 0 fully saturated rings. The molecule has 3 nitrogen and oxygen atoms in total. The molecule has 1 aromatic carbocycles. The zero-order chi connectivity index (χ0) is 10.8. The molecule has 0 spiro atoms. The summed E-state index contributed by atoms with van der Waals surface area (Å²) in [7, 11) is 0. The maximum absolute atomic E-state index is 11.5. The minimum Gasteiger partial charge on any atom is -0.466 e. The predicted octanol–water partition coefficient (Wildman–Crippen LogP) is 1.46. The number of aliphatic hydroxyl groups excluding tert-OH is 1. The highest BCUT2D eigenvalue weighted by molar-refractivity contribution is 5.75. The molecule has 0 unspecified atom stereocenters. The molecule has 80 valence electrons. The van der Waals surface area contributed by atoms with Crippen molar-refractivity contribution in [3.05, 3.63) is 35.4 Å². The highest BCUT2D eigenvalue weighted by atomic mass is 16.5.